The maximum atomic E-state index is 11.3. The fourth-order valence-corrected chi connectivity index (χ4v) is 10.00. The number of nitrogens with zero attached hydrogens (tertiary/aromatic N) is 1. The largest absolute Gasteiger partial charge is 0.477 e. The van der Waals surface area contributed by atoms with Crippen LogP contribution in [0, 0.1) is 53.4 Å². The summed E-state index contributed by atoms with van der Waals surface area (Å²) < 4.78 is 5.97. The van der Waals surface area contributed by atoms with E-state index in [4.69, 9.17) is 4.74 Å². The van der Waals surface area contributed by atoms with Crippen LogP contribution in [0.1, 0.15) is 105 Å². The van der Waals surface area contributed by atoms with Gasteiger partial charge < -0.3 is 19.4 Å². The lowest BCUT2D eigenvalue weighted by atomic mass is 9.47. The molecule has 0 aromatic carbocycles. The third kappa shape index (κ3) is 6.64. The van der Waals surface area contributed by atoms with E-state index in [0.29, 0.717) is 12.0 Å². The Morgan fingerprint density at radius 3 is 2.38 bits per heavy atom. The Balaban J connectivity index is 1.36. The number of hydrogen-bond donors (Lipinski definition) is 2. The van der Waals surface area contributed by atoms with Crippen molar-refractivity contribution in [2.75, 3.05) is 26.2 Å². The summed E-state index contributed by atoms with van der Waals surface area (Å²) in [5, 5.41) is 18.5. The van der Waals surface area contributed by atoms with Gasteiger partial charge in [0.05, 0.1) is 19.3 Å². The summed E-state index contributed by atoms with van der Waals surface area (Å²) in [5.74, 6) is 2.90. The second kappa shape index (κ2) is 12.5. The fraction of sp³-hybridized carbons (Fsp3) is 0.853. The Bertz CT molecular complexity index is 929. The zero-order valence-electron chi connectivity index (χ0n) is 26.0. The third-order valence-corrected chi connectivity index (χ3v) is 12.1. The number of carboxylic acid groups (broad SMARTS) is 2. The van der Waals surface area contributed by atoms with Gasteiger partial charge in [-0.2, -0.15) is 0 Å². The first-order valence-electron chi connectivity index (χ1n) is 16.2. The zero-order chi connectivity index (χ0) is 29.3. The maximum Gasteiger partial charge on any atom is 0.357 e. The average Bonchev–Trinajstić information content (AvgIpc) is 3.20. The first-order valence-corrected chi connectivity index (χ1v) is 16.2. The Morgan fingerprint density at radius 2 is 1.73 bits per heavy atom. The molecule has 40 heavy (non-hydrogen) atoms. The number of ether oxygens (including phenoxy) is 1. The lowest BCUT2D eigenvalue weighted by molar-refractivity contribution is -0.871. The summed E-state index contributed by atoms with van der Waals surface area (Å²) >= 11 is 0. The van der Waals surface area contributed by atoms with Crippen molar-refractivity contribution in [3.8, 4) is 0 Å². The second-order valence-corrected chi connectivity index (χ2v) is 15.2. The fourth-order valence-electron chi connectivity index (χ4n) is 10.00. The lowest BCUT2D eigenvalue weighted by Gasteiger charge is -2.58. The highest BCUT2D eigenvalue weighted by Gasteiger charge is 2.59. The number of allylic oxidation sites excluding steroid dienone is 1. The maximum absolute atomic E-state index is 11.3. The number of quaternary nitrogens is 1. The van der Waals surface area contributed by atoms with E-state index in [1.807, 2.05) is 0 Å². The molecule has 3 fully saturated rings. The molecule has 228 valence electrons. The number of carbonyl (C=O) groups is 2. The molecule has 8 atom stereocenters. The predicted molar refractivity (Wildman–Crippen MR) is 158 cm³/mol. The molecule has 4 aliphatic rings. The molecule has 0 aromatic rings. The molecular weight excluding hydrogens is 502 g/mol. The van der Waals surface area contributed by atoms with Crippen molar-refractivity contribution in [3.63, 3.8) is 0 Å². The van der Waals surface area contributed by atoms with Gasteiger partial charge in [-0.1, -0.05) is 65.5 Å². The van der Waals surface area contributed by atoms with E-state index in [0.717, 1.165) is 54.8 Å². The molecule has 0 bridgehead atoms. The van der Waals surface area contributed by atoms with Gasteiger partial charge in [-0.25, -0.2) is 9.59 Å². The van der Waals surface area contributed by atoms with Crippen LogP contribution in [0.5, 0.6) is 0 Å². The molecule has 2 N–H and O–H groups in total. The van der Waals surface area contributed by atoms with Crippen molar-refractivity contribution in [1.29, 1.82) is 0 Å². The first kappa shape index (κ1) is 31.5. The highest BCUT2D eigenvalue weighted by Crippen LogP contribution is 2.67. The summed E-state index contributed by atoms with van der Waals surface area (Å²) in [6.07, 6.45) is 16.8. The van der Waals surface area contributed by atoms with Crippen LogP contribution in [0.4, 0.5) is 0 Å². The highest BCUT2D eigenvalue weighted by atomic mass is 16.5. The minimum Gasteiger partial charge on any atom is -0.477 e. The van der Waals surface area contributed by atoms with Gasteiger partial charge in [-0.15, -0.1) is 7.05 Å². The average molecular weight is 560 g/mol. The molecule has 6 nitrogen and oxygen atoms in total. The topological polar surface area (TPSA) is 83.8 Å². The van der Waals surface area contributed by atoms with Gasteiger partial charge in [-0.05, 0) is 97.7 Å². The summed E-state index contributed by atoms with van der Waals surface area (Å²) in [7, 11) is 3.91. The molecule has 4 rings (SSSR count). The molecular formula is C34H57NO5. The number of hydrogen-bond acceptors (Lipinski definition) is 3. The van der Waals surface area contributed by atoms with Crippen molar-refractivity contribution in [2.24, 2.45) is 46.3 Å². The van der Waals surface area contributed by atoms with Crippen LogP contribution in [0.25, 0.3) is 0 Å². The van der Waals surface area contributed by atoms with Gasteiger partial charge in [0.25, 0.3) is 0 Å². The molecule has 0 radical (unpaired) electrons. The molecule has 0 aliphatic heterocycles. The van der Waals surface area contributed by atoms with Crippen LogP contribution in [0.15, 0.2) is 11.6 Å². The van der Waals surface area contributed by atoms with Gasteiger partial charge in [-0.3, -0.25) is 0 Å². The van der Waals surface area contributed by atoms with Gasteiger partial charge in [0.2, 0.25) is 0 Å². The lowest BCUT2D eigenvalue weighted by Crippen LogP contribution is -2.52. The SMILES string of the molecule is [CH2-][N+](CCO[C@H]1CC[C@@]2(C)C(=CCC3C2CC[C@@]2(C)C3CC[C@@H]2[C@H](C)CCCC(C)C)C1)(CC(=O)O)CC(=O)O. The van der Waals surface area contributed by atoms with Crippen LogP contribution < -0.4 is 0 Å². The molecule has 4 aliphatic carbocycles. The van der Waals surface area contributed by atoms with Crippen LogP contribution in [-0.2, 0) is 14.3 Å². The van der Waals surface area contributed by atoms with Crippen LogP contribution in [0.3, 0.4) is 0 Å². The van der Waals surface area contributed by atoms with E-state index in [9.17, 15) is 19.8 Å². The summed E-state index contributed by atoms with van der Waals surface area (Å²) in [6.45, 7) is 12.4. The minimum atomic E-state index is -1.04. The molecule has 6 heteroatoms. The predicted octanol–water partition coefficient (Wildman–Crippen LogP) is 7.19. The molecule has 0 spiro atoms. The highest BCUT2D eigenvalue weighted by molar-refractivity contribution is 5.70. The molecule has 0 saturated heterocycles. The number of aliphatic carboxylic acids is 2. The van der Waals surface area contributed by atoms with Crippen LogP contribution in [0.2, 0.25) is 0 Å². The zero-order valence-corrected chi connectivity index (χ0v) is 26.0. The first-order chi connectivity index (χ1) is 18.8. The van der Waals surface area contributed by atoms with E-state index in [1.165, 1.54) is 51.4 Å². The van der Waals surface area contributed by atoms with Crippen molar-refractivity contribution in [2.45, 2.75) is 111 Å². The smallest absolute Gasteiger partial charge is 0.357 e. The normalized spacial score (nSPS) is 36.4. The molecule has 0 heterocycles. The Morgan fingerprint density at radius 1 is 1.02 bits per heavy atom. The monoisotopic (exact) mass is 559 g/mol. The Labute approximate surface area is 243 Å². The van der Waals surface area contributed by atoms with Crippen molar-refractivity contribution < 1.29 is 29.0 Å². The number of fused-ring (bicyclic) bond motifs is 5. The quantitative estimate of drug-likeness (QED) is 0.142. The number of rotatable bonds is 13. The summed E-state index contributed by atoms with van der Waals surface area (Å²) in [5.41, 5.74) is 2.35. The molecule has 0 aromatic heterocycles. The second-order valence-electron chi connectivity index (χ2n) is 15.2. The van der Waals surface area contributed by atoms with E-state index in [1.54, 1.807) is 5.57 Å². The van der Waals surface area contributed by atoms with Crippen molar-refractivity contribution >= 4 is 11.9 Å². The van der Waals surface area contributed by atoms with Gasteiger partial charge >= 0.3 is 11.9 Å². The van der Waals surface area contributed by atoms with Crippen LogP contribution >= 0.6 is 0 Å². The summed E-state index contributed by atoms with van der Waals surface area (Å²) in [4.78, 5) is 22.6. The Kier molecular flexibility index (Phi) is 9.82. The third-order valence-electron chi connectivity index (χ3n) is 12.1. The van der Waals surface area contributed by atoms with Crippen molar-refractivity contribution in [3.05, 3.63) is 18.7 Å². The van der Waals surface area contributed by atoms with Gasteiger partial charge in [0.15, 0.2) is 13.1 Å². The van der Waals surface area contributed by atoms with E-state index < -0.39 is 11.9 Å². The minimum absolute atomic E-state index is 0.121. The molecule has 0 amide bonds. The van der Waals surface area contributed by atoms with Gasteiger partial charge in [0.1, 0.15) is 0 Å². The van der Waals surface area contributed by atoms with Crippen LogP contribution in [-0.4, -0.2) is 59.0 Å². The van der Waals surface area contributed by atoms with E-state index in [2.05, 4.69) is 47.7 Å². The number of carboxylic acids is 2. The molecule has 3 unspecified atom stereocenters. The Hall–Kier alpha value is -1.40. The molecule has 3 saturated carbocycles. The van der Waals surface area contributed by atoms with E-state index >= 15 is 0 Å². The summed E-state index contributed by atoms with van der Waals surface area (Å²) in [6, 6.07) is 0. The van der Waals surface area contributed by atoms with Crippen molar-refractivity contribution in [1.82, 2.24) is 0 Å². The van der Waals surface area contributed by atoms with E-state index in [-0.39, 0.29) is 35.6 Å². The van der Waals surface area contributed by atoms with Gasteiger partial charge in [0, 0.05) is 0 Å². The standard InChI is InChI=1S/C34H57NO5/c1-23(2)8-7-9-24(3)28-12-13-29-27-11-10-25-20-26(14-16-33(25,4)30(27)15-17-34(28,29)5)40-19-18-35(6,21-31(36)37)22-32(38)39/h10,23-24,26-30H,6-9,11-22H2,1-5H3,(H,36,37)(H,38,39)/t24-,26+,27?,28-,29?,30?,33+,34-/m1/s1.